The van der Waals surface area contributed by atoms with Gasteiger partial charge in [-0.1, -0.05) is 13.8 Å². The summed E-state index contributed by atoms with van der Waals surface area (Å²) in [4.78, 5) is 22.9. The van der Waals surface area contributed by atoms with Gasteiger partial charge in [0.25, 0.3) is 0 Å². The highest BCUT2D eigenvalue weighted by Crippen LogP contribution is 2.18. The maximum Gasteiger partial charge on any atom is 0.221 e. The molecule has 1 unspecified atom stereocenters. The normalized spacial score (nSPS) is 17.3. The van der Waals surface area contributed by atoms with Crippen LogP contribution in [0, 0.1) is 0 Å². The first kappa shape index (κ1) is 17.1. The molecule has 1 aromatic rings. The summed E-state index contributed by atoms with van der Waals surface area (Å²) >= 11 is 1.73. The van der Waals surface area contributed by atoms with Gasteiger partial charge in [-0.2, -0.15) is 11.8 Å². The van der Waals surface area contributed by atoms with E-state index < -0.39 is 0 Å². The number of hydrogen-bond acceptors (Lipinski definition) is 5. The number of carbonyl (C=O) groups excluding carboxylic acids is 1. The molecule has 1 aliphatic rings. The van der Waals surface area contributed by atoms with E-state index in [9.17, 15) is 4.79 Å². The number of hydrogen-bond donors (Lipinski definition) is 1. The zero-order valence-electron chi connectivity index (χ0n) is 13.7. The number of aromatic nitrogens is 2. The first-order chi connectivity index (χ1) is 10.6. The highest BCUT2D eigenvalue weighted by Gasteiger charge is 2.22. The molecule has 2 heterocycles. The predicted molar refractivity (Wildman–Crippen MR) is 92.4 cm³/mol. The second-order valence-corrected chi connectivity index (χ2v) is 7.08. The SMILES string of the molecule is CCc1cc(N2CCC(NC(=O)CC(C)SC)CC2)ncn1. The molecule has 1 amide bonds. The fraction of sp³-hybridized carbons (Fsp3) is 0.688. The molecule has 0 aromatic carbocycles. The number of aryl methyl sites for hydroxylation is 1. The highest BCUT2D eigenvalue weighted by atomic mass is 32.2. The van der Waals surface area contributed by atoms with Gasteiger partial charge in [-0.3, -0.25) is 4.79 Å². The van der Waals surface area contributed by atoms with Gasteiger partial charge in [0.2, 0.25) is 5.91 Å². The Labute approximate surface area is 137 Å². The van der Waals surface area contributed by atoms with Crippen LogP contribution in [0.4, 0.5) is 5.82 Å². The van der Waals surface area contributed by atoms with Crippen LogP contribution < -0.4 is 10.2 Å². The van der Waals surface area contributed by atoms with E-state index >= 15 is 0 Å². The number of carbonyl (C=O) groups is 1. The molecule has 5 nitrogen and oxygen atoms in total. The number of rotatable bonds is 6. The Kier molecular flexibility index (Phi) is 6.49. The third-order valence-electron chi connectivity index (χ3n) is 4.13. The van der Waals surface area contributed by atoms with Crippen LogP contribution in [-0.4, -0.2) is 46.5 Å². The number of nitrogens with zero attached hydrogens (tertiary/aromatic N) is 3. The Morgan fingerprint density at radius 2 is 2.18 bits per heavy atom. The van der Waals surface area contributed by atoms with Gasteiger partial charge in [-0.05, 0) is 25.5 Å². The van der Waals surface area contributed by atoms with Crippen molar-refractivity contribution in [2.24, 2.45) is 0 Å². The Bertz CT molecular complexity index is 489. The molecule has 1 aromatic heterocycles. The molecule has 0 saturated carbocycles. The van der Waals surface area contributed by atoms with Crippen molar-refractivity contribution in [1.82, 2.24) is 15.3 Å². The van der Waals surface area contributed by atoms with Gasteiger partial charge in [0.1, 0.15) is 12.1 Å². The summed E-state index contributed by atoms with van der Waals surface area (Å²) in [7, 11) is 0. The van der Waals surface area contributed by atoms with E-state index in [0.29, 0.717) is 17.7 Å². The Balaban J connectivity index is 1.81. The lowest BCUT2D eigenvalue weighted by atomic mass is 10.0. The fourth-order valence-electron chi connectivity index (χ4n) is 2.64. The number of piperidine rings is 1. The van der Waals surface area contributed by atoms with E-state index in [1.807, 2.05) is 6.26 Å². The molecule has 0 radical (unpaired) electrons. The molecule has 1 atom stereocenters. The van der Waals surface area contributed by atoms with Crippen molar-refractivity contribution in [2.45, 2.75) is 50.8 Å². The zero-order valence-corrected chi connectivity index (χ0v) is 14.5. The van der Waals surface area contributed by atoms with Crippen LogP contribution in [0.15, 0.2) is 12.4 Å². The molecule has 2 rings (SSSR count). The molecule has 1 fully saturated rings. The van der Waals surface area contributed by atoms with Crippen LogP contribution in [0.5, 0.6) is 0 Å². The summed E-state index contributed by atoms with van der Waals surface area (Å²) < 4.78 is 0. The first-order valence-corrected chi connectivity index (χ1v) is 9.29. The van der Waals surface area contributed by atoms with Crippen LogP contribution in [-0.2, 0) is 11.2 Å². The van der Waals surface area contributed by atoms with E-state index in [1.165, 1.54) is 0 Å². The van der Waals surface area contributed by atoms with Crippen LogP contribution in [0.3, 0.4) is 0 Å². The summed E-state index contributed by atoms with van der Waals surface area (Å²) in [5.41, 5.74) is 1.08. The third kappa shape index (κ3) is 4.87. The number of thioether (sulfide) groups is 1. The molecule has 1 N–H and O–H groups in total. The highest BCUT2D eigenvalue weighted by molar-refractivity contribution is 7.99. The second kappa shape index (κ2) is 8.36. The topological polar surface area (TPSA) is 58.1 Å². The molecule has 6 heteroatoms. The molecule has 1 saturated heterocycles. The quantitative estimate of drug-likeness (QED) is 0.870. The van der Waals surface area contributed by atoms with E-state index in [2.05, 4.69) is 40.1 Å². The Morgan fingerprint density at radius 1 is 1.45 bits per heavy atom. The van der Waals surface area contributed by atoms with Gasteiger partial charge in [0.15, 0.2) is 0 Å². The van der Waals surface area contributed by atoms with Gasteiger partial charge in [-0.25, -0.2) is 9.97 Å². The van der Waals surface area contributed by atoms with E-state index in [-0.39, 0.29) is 5.91 Å². The van der Waals surface area contributed by atoms with E-state index in [4.69, 9.17) is 0 Å². The molecular formula is C16H26N4OS. The van der Waals surface area contributed by atoms with Gasteiger partial charge >= 0.3 is 0 Å². The molecule has 122 valence electrons. The van der Waals surface area contributed by atoms with E-state index in [0.717, 1.165) is 43.9 Å². The second-order valence-electron chi connectivity index (χ2n) is 5.80. The largest absolute Gasteiger partial charge is 0.356 e. The zero-order chi connectivity index (χ0) is 15.9. The lowest BCUT2D eigenvalue weighted by Crippen LogP contribution is -2.45. The molecule has 0 bridgehead atoms. The molecule has 0 aliphatic carbocycles. The van der Waals surface area contributed by atoms with Crippen molar-refractivity contribution in [3.05, 3.63) is 18.1 Å². The maximum atomic E-state index is 12.0. The monoisotopic (exact) mass is 322 g/mol. The van der Waals surface area contributed by atoms with Crippen molar-refractivity contribution < 1.29 is 4.79 Å². The van der Waals surface area contributed by atoms with Gasteiger partial charge in [0, 0.05) is 42.6 Å². The minimum absolute atomic E-state index is 0.176. The summed E-state index contributed by atoms with van der Waals surface area (Å²) in [6, 6.07) is 2.37. The molecular weight excluding hydrogens is 296 g/mol. The van der Waals surface area contributed by atoms with Crippen molar-refractivity contribution >= 4 is 23.5 Å². The predicted octanol–water partition coefficient (Wildman–Crippen LogP) is 2.27. The molecule has 0 spiro atoms. The fourth-order valence-corrected chi connectivity index (χ4v) is 2.95. The minimum atomic E-state index is 0.176. The summed E-state index contributed by atoms with van der Waals surface area (Å²) in [6.45, 7) is 6.06. The lowest BCUT2D eigenvalue weighted by molar-refractivity contribution is -0.121. The Morgan fingerprint density at radius 3 is 2.82 bits per heavy atom. The standard InChI is InChI=1S/C16H26N4OS/c1-4-13-10-15(18-11-17-13)20-7-5-14(6-8-20)19-16(21)9-12(2)22-3/h10-12,14H,4-9H2,1-3H3,(H,19,21). The smallest absolute Gasteiger partial charge is 0.221 e. The Hall–Kier alpha value is -1.30. The van der Waals surface area contributed by atoms with Gasteiger partial charge < -0.3 is 10.2 Å². The van der Waals surface area contributed by atoms with Gasteiger partial charge in [-0.15, -0.1) is 0 Å². The summed E-state index contributed by atoms with van der Waals surface area (Å²) in [6.07, 6.45) is 7.17. The minimum Gasteiger partial charge on any atom is -0.356 e. The lowest BCUT2D eigenvalue weighted by Gasteiger charge is -2.33. The van der Waals surface area contributed by atoms with Crippen LogP contribution in [0.2, 0.25) is 0 Å². The number of nitrogens with one attached hydrogen (secondary N) is 1. The van der Waals surface area contributed by atoms with E-state index in [1.54, 1.807) is 18.1 Å². The summed E-state index contributed by atoms with van der Waals surface area (Å²) in [5.74, 6) is 1.18. The van der Waals surface area contributed by atoms with Crippen LogP contribution in [0.25, 0.3) is 0 Å². The number of amides is 1. The van der Waals surface area contributed by atoms with Crippen LogP contribution >= 0.6 is 11.8 Å². The van der Waals surface area contributed by atoms with Crippen LogP contribution in [0.1, 0.15) is 38.8 Å². The molecule has 1 aliphatic heterocycles. The average molecular weight is 322 g/mol. The van der Waals surface area contributed by atoms with Crippen molar-refractivity contribution in [2.75, 3.05) is 24.2 Å². The first-order valence-electron chi connectivity index (χ1n) is 8.00. The van der Waals surface area contributed by atoms with Crippen molar-refractivity contribution in [3.63, 3.8) is 0 Å². The van der Waals surface area contributed by atoms with Gasteiger partial charge in [0.05, 0.1) is 0 Å². The maximum absolute atomic E-state index is 12.0. The van der Waals surface area contributed by atoms with Crippen molar-refractivity contribution in [1.29, 1.82) is 0 Å². The average Bonchev–Trinajstić information content (AvgIpc) is 2.55. The van der Waals surface area contributed by atoms with Crippen molar-refractivity contribution in [3.8, 4) is 0 Å². The number of anilines is 1. The molecule has 22 heavy (non-hydrogen) atoms. The summed E-state index contributed by atoms with van der Waals surface area (Å²) in [5, 5.41) is 3.55. The third-order valence-corrected chi connectivity index (χ3v) is 5.10.